The Kier molecular flexibility index (Phi) is 13.8. The molecule has 1 unspecified atom stereocenters. The second kappa shape index (κ2) is 15.7. The molecule has 2 N–H and O–H groups in total. The lowest BCUT2D eigenvalue weighted by Gasteiger charge is -2.12. The van der Waals surface area contributed by atoms with Crippen LogP contribution in [0.5, 0.6) is 0 Å². The first-order valence-corrected chi connectivity index (χ1v) is 11.1. The molecule has 27 heavy (non-hydrogen) atoms. The predicted molar refractivity (Wildman–Crippen MR) is 113 cm³/mol. The number of carboxylic acid groups (broad SMARTS) is 1. The zero-order valence-corrected chi connectivity index (χ0v) is 17.3. The van der Waals surface area contributed by atoms with E-state index in [4.69, 9.17) is 5.11 Å². The third kappa shape index (κ3) is 12.6. The maximum absolute atomic E-state index is 10.6. The summed E-state index contributed by atoms with van der Waals surface area (Å²) in [6, 6.07) is 8.52. The highest BCUT2D eigenvalue weighted by Crippen LogP contribution is 2.17. The molecule has 0 aliphatic carbocycles. The van der Waals surface area contributed by atoms with Crippen molar-refractivity contribution < 1.29 is 15.0 Å². The smallest absolute Gasteiger partial charge is 0.303 e. The number of benzene rings is 1. The van der Waals surface area contributed by atoms with Crippen LogP contribution in [0.2, 0.25) is 0 Å². The number of aryl methyl sites for hydroxylation is 2. The second-order valence-corrected chi connectivity index (χ2v) is 7.83. The van der Waals surface area contributed by atoms with Gasteiger partial charge in [0.05, 0.1) is 6.10 Å². The molecule has 0 aliphatic heterocycles. The molecule has 1 aromatic carbocycles. The van der Waals surface area contributed by atoms with Crippen LogP contribution in [0.4, 0.5) is 0 Å². The van der Waals surface area contributed by atoms with Gasteiger partial charge in [-0.05, 0) is 56.1 Å². The largest absolute Gasteiger partial charge is 0.481 e. The molecule has 0 amide bonds. The van der Waals surface area contributed by atoms with Gasteiger partial charge in [-0.2, -0.15) is 0 Å². The second-order valence-electron chi connectivity index (χ2n) is 7.83. The van der Waals surface area contributed by atoms with Gasteiger partial charge >= 0.3 is 5.97 Å². The molecule has 154 valence electrons. The Morgan fingerprint density at radius 1 is 0.815 bits per heavy atom. The highest BCUT2D eigenvalue weighted by molar-refractivity contribution is 5.66. The van der Waals surface area contributed by atoms with E-state index in [1.807, 2.05) is 0 Å². The molecule has 1 aromatic rings. The van der Waals surface area contributed by atoms with Crippen LogP contribution in [0.3, 0.4) is 0 Å². The van der Waals surface area contributed by atoms with Crippen LogP contribution < -0.4 is 0 Å². The minimum absolute atomic E-state index is 0.137. The Morgan fingerprint density at radius 2 is 1.33 bits per heavy atom. The van der Waals surface area contributed by atoms with Gasteiger partial charge in [0.2, 0.25) is 0 Å². The van der Waals surface area contributed by atoms with Crippen molar-refractivity contribution in [3.8, 4) is 0 Å². The molecular formula is C24H40O3. The molecule has 3 heteroatoms. The van der Waals surface area contributed by atoms with Crippen LogP contribution in [0.25, 0.3) is 0 Å². The van der Waals surface area contributed by atoms with Crippen molar-refractivity contribution in [3.63, 3.8) is 0 Å². The summed E-state index contributed by atoms with van der Waals surface area (Å²) in [4.78, 5) is 10.6. The fourth-order valence-corrected chi connectivity index (χ4v) is 3.64. The fourth-order valence-electron chi connectivity index (χ4n) is 3.64. The molecule has 0 aliphatic rings. The monoisotopic (exact) mass is 376 g/mol. The van der Waals surface area contributed by atoms with Gasteiger partial charge in [0.1, 0.15) is 0 Å². The zero-order chi connectivity index (χ0) is 19.7. The molecule has 1 atom stereocenters. The quantitative estimate of drug-likeness (QED) is 0.313. The predicted octanol–water partition coefficient (Wildman–Crippen LogP) is 6.31. The summed E-state index contributed by atoms with van der Waals surface area (Å²) in [6.07, 6.45) is 15.5. The van der Waals surface area contributed by atoms with Crippen LogP contribution in [0.1, 0.15) is 102 Å². The van der Waals surface area contributed by atoms with Crippen LogP contribution in [-0.4, -0.2) is 22.3 Å². The normalized spacial score (nSPS) is 12.2. The summed E-state index contributed by atoms with van der Waals surface area (Å²) in [7, 11) is 0. The summed E-state index contributed by atoms with van der Waals surface area (Å²) in [6.45, 7) is 2.24. The third-order valence-electron chi connectivity index (χ3n) is 5.33. The van der Waals surface area contributed by atoms with Gasteiger partial charge in [0, 0.05) is 6.42 Å². The first-order chi connectivity index (χ1) is 13.1. The number of hydrogen-bond donors (Lipinski definition) is 2. The maximum Gasteiger partial charge on any atom is 0.303 e. The summed E-state index contributed by atoms with van der Waals surface area (Å²) in [5, 5.41) is 18.9. The van der Waals surface area contributed by atoms with E-state index in [9.17, 15) is 9.90 Å². The molecule has 0 spiro atoms. The standard InChI is InChI=1S/C24H40O3/c1-2-3-4-5-6-7-18-23(25)19-12-10-16-21-14-8-9-15-22(21)17-11-13-20-24(26)27/h8-9,14-15,23,25H,2-7,10-13,16-20H2,1H3,(H,26,27). The van der Waals surface area contributed by atoms with Gasteiger partial charge in [-0.25, -0.2) is 0 Å². The highest BCUT2D eigenvalue weighted by atomic mass is 16.4. The number of aliphatic hydroxyl groups excluding tert-OH is 1. The van der Waals surface area contributed by atoms with E-state index in [1.165, 1.54) is 43.2 Å². The SMILES string of the molecule is CCCCCCCCC(O)CCCCc1ccccc1CCCCC(=O)O. The molecule has 0 bridgehead atoms. The number of carbonyl (C=O) groups is 1. The molecule has 3 nitrogen and oxygen atoms in total. The zero-order valence-electron chi connectivity index (χ0n) is 17.3. The fraction of sp³-hybridized carbons (Fsp3) is 0.708. The maximum atomic E-state index is 10.6. The Labute approximate surface area is 166 Å². The minimum Gasteiger partial charge on any atom is -0.481 e. The van der Waals surface area contributed by atoms with Crippen LogP contribution >= 0.6 is 0 Å². The van der Waals surface area contributed by atoms with Crippen molar-refractivity contribution in [1.82, 2.24) is 0 Å². The third-order valence-corrected chi connectivity index (χ3v) is 5.33. The average Bonchev–Trinajstić information content (AvgIpc) is 2.66. The molecule has 0 saturated heterocycles. The Hall–Kier alpha value is -1.35. The van der Waals surface area contributed by atoms with E-state index in [2.05, 4.69) is 31.2 Å². The lowest BCUT2D eigenvalue weighted by Crippen LogP contribution is -2.06. The van der Waals surface area contributed by atoms with E-state index in [-0.39, 0.29) is 12.5 Å². The van der Waals surface area contributed by atoms with Crippen molar-refractivity contribution in [3.05, 3.63) is 35.4 Å². The van der Waals surface area contributed by atoms with Crippen molar-refractivity contribution >= 4 is 5.97 Å². The number of aliphatic hydroxyl groups is 1. The van der Waals surface area contributed by atoms with E-state index < -0.39 is 5.97 Å². The van der Waals surface area contributed by atoms with E-state index in [1.54, 1.807) is 0 Å². The minimum atomic E-state index is -0.706. The highest BCUT2D eigenvalue weighted by Gasteiger charge is 2.06. The van der Waals surface area contributed by atoms with Crippen LogP contribution in [0, 0.1) is 0 Å². The van der Waals surface area contributed by atoms with E-state index in [0.29, 0.717) is 0 Å². The molecule has 1 rings (SSSR count). The molecular weight excluding hydrogens is 336 g/mol. The Bertz CT molecular complexity index is 498. The number of aliphatic carboxylic acids is 1. The van der Waals surface area contributed by atoms with Gasteiger partial charge in [-0.1, -0.05) is 76.1 Å². The summed E-state index contributed by atoms with van der Waals surface area (Å²) in [5.74, 6) is -0.706. The Balaban J connectivity index is 2.15. The van der Waals surface area contributed by atoms with Crippen molar-refractivity contribution in [2.24, 2.45) is 0 Å². The van der Waals surface area contributed by atoms with Gasteiger partial charge < -0.3 is 10.2 Å². The molecule has 0 aromatic heterocycles. The Morgan fingerprint density at radius 3 is 1.93 bits per heavy atom. The lowest BCUT2D eigenvalue weighted by molar-refractivity contribution is -0.137. The molecule has 0 saturated carbocycles. The summed E-state index contributed by atoms with van der Waals surface area (Å²) < 4.78 is 0. The van der Waals surface area contributed by atoms with Crippen LogP contribution in [0.15, 0.2) is 24.3 Å². The molecule has 0 radical (unpaired) electrons. The average molecular weight is 377 g/mol. The number of carboxylic acids is 1. The summed E-state index contributed by atoms with van der Waals surface area (Å²) >= 11 is 0. The first-order valence-electron chi connectivity index (χ1n) is 11.1. The number of unbranched alkanes of at least 4 members (excludes halogenated alkanes) is 7. The molecule has 0 heterocycles. The van der Waals surface area contributed by atoms with Gasteiger partial charge in [-0.15, -0.1) is 0 Å². The van der Waals surface area contributed by atoms with Gasteiger partial charge in [0.15, 0.2) is 0 Å². The first kappa shape index (κ1) is 23.7. The van der Waals surface area contributed by atoms with Crippen molar-refractivity contribution in [2.75, 3.05) is 0 Å². The number of hydrogen-bond acceptors (Lipinski definition) is 2. The van der Waals surface area contributed by atoms with Gasteiger partial charge in [-0.3, -0.25) is 4.79 Å². The van der Waals surface area contributed by atoms with E-state index >= 15 is 0 Å². The van der Waals surface area contributed by atoms with Gasteiger partial charge in [0.25, 0.3) is 0 Å². The van der Waals surface area contributed by atoms with Crippen LogP contribution in [-0.2, 0) is 17.6 Å². The number of rotatable bonds is 17. The summed E-state index contributed by atoms with van der Waals surface area (Å²) in [5.41, 5.74) is 2.74. The van der Waals surface area contributed by atoms with Crippen molar-refractivity contribution in [1.29, 1.82) is 0 Å². The van der Waals surface area contributed by atoms with E-state index in [0.717, 1.165) is 57.8 Å². The molecule has 0 fully saturated rings. The lowest BCUT2D eigenvalue weighted by atomic mass is 9.96. The van der Waals surface area contributed by atoms with Crippen molar-refractivity contribution in [2.45, 2.75) is 109 Å². The topological polar surface area (TPSA) is 57.5 Å².